The quantitative estimate of drug-likeness (QED) is 0.554. The molecule has 2 heterocycles. The first-order valence-electron chi connectivity index (χ1n) is 6.85. The van der Waals surface area contributed by atoms with Gasteiger partial charge in [0.15, 0.2) is 0 Å². The van der Waals surface area contributed by atoms with Gasteiger partial charge in [-0.15, -0.1) is 0 Å². The van der Waals surface area contributed by atoms with Gasteiger partial charge in [0, 0.05) is 19.2 Å². The van der Waals surface area contributed by atoms with Crippen LogP contribution in [0.1, 0.15) is 19.8 Å². The molecule has 2 fully saturated rings. The first-order chi connectivity index (χ1) is 10.4. The molecule has 2 aliphatic rings. The largest absolute Gasteiger partial charge is 0.391 e. The SMILES string of the molecule is C=C/C=C1/C(=O)N(C2CCC(=O)NC2=O)C(=O)/C1=C(/C)NC. The summed E-state index contributed by atoms with van der Waals surface area (Å²) in [7, 11) is 1.64. The van der Waals surface area contributed by atoms with Gasteiger partial charge >= 0.3 is 0 Å². The van der Waals surface area contributed by atoms with Crippen LogP contribution in [-0.2, 0) is 19.2 Å². The number of imide groups is 2. The highest BCUT2D eigenvalue weighted by Gasteiger charge is 2.47. The summed E-state index contributed by atoms with van der Waals surface area (Å²) in [6.45, 7) is 5.21. The Balaban J connectivity index is 2.46. The lowest BCUT2D eigenvalue weighted by Crippen LogP contribution is -2.54. The van der Waals surface area contributed by atoms with Crippen LogP contribution in [0.4, 0.5) is 0 Å². The van der Waals surface area contributed by atoms with Crippen molar-refractivity contribution >= 4 is 23.6 Å². The number of amides is 4. The molecule has 7 heteroatoms. The summed E-state index contributed by atoms with van der Waals surface area (Å²) in [6, 6.07) is -0.965. The van der Waals surface area contributed by atoms with Crippen LogP contribution in [0.5, 0.6) is 0 Å². The molecule has 0 aliphatic carbocycles. The highest BCUT2D eigenvalue weighted by Crippen LogP contribution is 2.30. The number of carbonyl (C=O) groups is 4. The second-order valence-electron chi connectivity index (χ2n) is 5.01. The number of nitrogens with one attached hydrogen (secondary N) is 2. The lowest BCUT2D eigenvalue weighted by atomic mass is 10.0. The van der Waals surface area contributed by atoms with Gasteiger partial charge in [0.05, 0.1) is 11.1 Å². The van der Waals surface area contributed by atoms with E-state index in [-0.39, 0.29) is 24.0 Å². The molecule has 4 amide bonds. The van der Waals surface area contributed by atoms with Gasteiger partial charge in [-0.05, 0) is 19.4 Å². The van der Waals surface area contributed by atoms with Crippen molar-refractivity contribution in [3.8, 4) is 0 Å². The van der Waals surface area contributed by atoms with Gasteiger partial charge in [-0.1, -0.05) is 12.7 Å². The van der Waals surface area contributed by atoms with Crippen LogP contribution in [-0.4, -0.2) is 41.6 Å². The van der Waals surface area contributed by atoms with Crippen molar-refractivity contribution in [2.45, 2.75) is 25.8 Å². The third kappa shape index (κ3) is 2.45. The molecule has 22 heavy (non-hydrogen) atoms. The smallest absolute Gasteiger partial charge is 0.264 e. The minimum Gasteiger partial charge on any atom is -0.391 e. The van der Waals surface area contributed by atoms with E-state index in [0.29, 0.717) is 5.70 Å². The number of nitrogens with zero attached hydrogens (tertiary/aromatic N) is 1. The summed E-state index contributed by atoms with van der Waals surface area (Å²) >= 11 is 0. The average Bonchev–Trinajstić information content (AvgIpc) is 2.71. The van der Waals surface area contributed by atoms with Gasteiger partial charge in [-0.25, -0.2) is 0 Å². The Morgan fingerprint density at radius 1 is 1.32 bits per heavy atom. The molecule has 7 nitrogen and oxygen atoms in total. The minimum absolute atomic E-state index is 0.0953. The second-order valence-corrected chi connectivity index (χ2v) is 5.01. The second kappa shape index (κ2) is 5.97. The molecule has 0 aromatic heterocycles. The molecule has 0 aromatic rings. The molecule has 116 valence electrons. The highest BCUT2D eigenvalue weighted by molar-refractivity contribution is 6.26. The predicted octanol–water partition coefficient (Wildman–Crippen LogP) is -0.234. The topological polar surface area (TPSA) is 95.6 Å². The van der Waals surface area contributed by atoms with E-state index in [1.54, 1.807) is 14.0 Å². The van der Waals surface area contributed by atoms with E-state index >= 15 is 0 Å². The lowest BCUT2D eigenvalue weighted by Gasteiger charge is -2.27. The van der Waals surface area contributed by atoms with E-state index in [9.17, 15) is 19.2 Å². The molecular formula is C15H17N3O4. The number of carbonyl (C=O) groups excluding carboxylic acids is 4. The zero-order chi connectivity index (χ0) is 16.4. The first-order valence-corrected chi connectivity index (χ1v) is 6.85. The molecular weight excluding hydrogens is 286 g/mol. The lowest BCUT2D eigenvalue weighted by molar-refractivity contribution is -0.149. The predicted molar refractivity (Wildman–Crippen MR) is 78.1 cm³/mol. The minimum atomic E-state index is -0.965. The molecule has 0 aromatic carbocycles. The van der Waals surface area contributed by atoms with Gasteiger partial charge in [-0.3, -0.25) is 29.4 Å². The van der Waals surface area contributed by atoms with E-state index in [2.05, 4.69) is 17.2 Å². The monoisotopic (exact) mass is 303 g/mol. The van der Waals surface area contributed by atoms with Crippen LogP contribution in [0.25, 0.3) is 0 Å². The third-order valence-corrected chi connectivity index (χ3v) is 3.71. The molecule has 2 saturated heterocycles. The van der Waals surface area contributed by atoms with E-state index < -0.39 is 29.7 Å². The van der Waals surface area contributed by atoms with E-state index in [1.165, 1.54) is 12.2 Å². The molecule has 0 spiro atoms. The number of piperidine rings is 1. The third-order valence-electron chi connectivity index (χ3n) is 3.71. The van der Waals surface area contributed by atoms with Crippen LogP contribution in [0.3, 0.4) is 0 Å². The Kier molecular flexibility index (Phi) is 4.25. The highest BCUT2D eigenvalue weighted by atomic mass is 16.2. The zero-order valence-electron chi connectivity index (χ0n) is 12.4. The van der Waals surface area contributed by atoms with Crippen molar-refractivity contribution in [2.75, 3.05) is 7.05 Å². The molecule has 0 bridgehead atoms. The maximum atomic E-state index is 12.6. The first kappa shape index (κ1) is 15.7. The molecule has 0 saturated carbocycles. The van der Waals surface area contributed by atoms with Crippen molar-refractivity contribution in [3.63, 3.8) is 0 Å². The van der Waals surface area contributed by atoms with Crippen molar-refractivity contribution in [2.24, 2.45) is 0 Å². The fourth-order valence-electron chi connectivity index (χ4n) is 2.54. The molecule has 0 radical (unpaired) electrons. The summed E-state index contributed by atoms with van der Waals surface area (Å²) in [4.78, 5) is 49.2. The van der Waals surface area contributed by atoms with Gasteiger partial charge in [-0.2, -0.15) is 0 Å². The van der Waals surface area contributed by atoms with Crippen molar-refractivity contribution in [1.29, 1.82) is 0 Å². The fourth-order valence-corrected chi connectivity index (χ4v) is 2.54. The molecule has 2 N–H and O–H groups in total. The number of hydrogen-bond donors (Lipinski definition) is 2. The Labute approximate surface area is 127 Å². The number of allylic oxidation sites excluding steroid dienone is 3. The Morgan fingerprint density at radius 2 is 2.00 bits per heavy atom. The zero-order valence-corrected chi connectivity index (χ0v) is 12.4. The fraction of sp³-hybridized carbons (Fsp3) is 0.333. The van der Waals surface area contributed by atoms with E-state index in [4.69, 9.17) is 0 Å². The summed E-state index contributed by atoms with van der Waals surface area (Å²) in [5.41, 5.74) is 0.940. The van der Waals surface area contributed by atoms with Crippen molar-refractivity contribution in [3.05, 3.63) is 35.6 Å². The number of hydrogen-bond acceptors (Lipinski definition) is 5. The van der Waals surface area contributed by atoms with E-state index in [0.717, 1.165) is 4.90 Å². The van der Waals surface area contributed by atoms with Crippen LogP contribution in [0, 0.1) is 0 Å². The van der Waals surface area contributed by atoms with Gasteiger partial charge in [0.1, 0.15) is 6.04 Å². The molecule has 2 rings (SSSR count). The normalized spacial score (nSPS) is 26.4. The summed E-state index contributed by atoms with van der Waals surface area (Å²) in [5, 5.41) is 5.00. The molecule has 2 aliphatic heterocycles. The Hall–Kier alpha value is -2.70. The summed E-state index contributed by atoms with van der Waals surface area (Å²) < 4.78 is 0. The number of likely N-dealkylation sites (tertiary alicyclic amines) is 1. The molecule has 1 atom stereocenters. The van der Waals surface area contributed by atoms with Crippen LogP contribution in [0.2, 0.25) is 0 Å². The maximum absolute atomic E-state index is 12.6. The van der Waals surface area contributed by atoms with Gasteiger partial charge < -0.3 is 5.32 Å². The van der Waals surface area contributed by atoms with Crippen molar-refractivity contribution < 1.29 is 19.2 Å². The van der Waals surface area contributed by atoms with Gasteiger partial charge in [0.2, 0.25) is 11.8 Å². The van der Waals surface area contributed by atoms with Crippen LogP contribution < -0.4 is 10.6 Å². The summed E-state index contributed by atoms with van der Waals surface area (Å²) in [6.07, 6.45) is 3.09. The Morgan fingerprint density at radius 3 is 2.55 bits per heavy atom. The molecule has 1 unspecified atom stereocenters. The van der Waals surface area contributed by atoms with Crippen LogP contribution in [0.15, 0.2) is 35.6 Å². The van der Waals surface area contributed by atoms with Crippen molar-refractivity contribution in [1.82, 2.24) is 15.5 Å². The number of rotatable bonds is 3. The average molecular weight is 303 g/mol. The Bertz CT molecular complexity index is 645. The van der Waals surface area contributed by atoms with E-state index in [1.807, 2.05) is 0 Å². The summed E-state index contributed by atoms with van der Waals surface area (Å²) in [5.74, 6) is -2.12. The van der Waals surface area contributed by atoms with Crippen LogP contribution >= 0.6 is 0 Å². The standard InChI is InChI=1S/C15H17N3O4/c1-4-5-9-12(8(2)16-3)15(22)18(14(9)21)10-6-7-11(19)17-13(10)20/h4-5,10,16H,1,6-7H2,2-3H3,(H,17,19,20)/b9-5+,12-8-. The maximum Gasteiger partial charge on any atom is 0.264 e. The van der Waals surface area contributed by atoms with Gasteiger partial charge in [0.25, 0.3) is 11.8 Å².